The van der Waals surface area contributed by atoms with Gasteiger partial charge in [0.05, 0.1) is 6.04 Å². The summed E-state index contributed by atoms with van der Waals surface area (Å²) in [6.45, 7) is 3.91. The first-order chi connectivity index (χ1) is 12.0. The molecule has 1 heterocycles. The van der Waals surface area contributed by atoms with Gasteiger partial charge in [-0.05, 0) is 48.7 Å². The van der Waals surface area contributed by atoms with Crippen LogP contribution in [0, 0.1) is 0 Å². The van der Waals surface area contributed by atoms with Gasteiger partial charge >= 0.3 is 0 Å². The number of anilines is 2. The monoisotopic (exact) mass is 355 g/mol. The van der Waals surface area contributed by atoms with Gasteiger partial charge < -0.3 is 10.6 Å². The van der Waals surface area contributed by atoms with E-state index in [1.54, 1.807) is 5.06 Å². The Morgan fingerprint density at radius 1 is 0.960 bits per heavy atom. The van der Waals surface area contributed by atoms with Crippen molar-refractivity contribution >= 4 is 23.5 Å². The molecule has 6 nitrogen and oxygen atoms in total. The van der Waals surface area contributed by atoms with E-state index in [1.807, 2.05) is 68.4 Å². The van der Waals surface area contributed by atoms with Crippen molar-refractivity contribution in [3.05, 3.63) is 59.9 Å². The molecule has 0 aliphatic heterocycles. The molecule has 0 radical (unpaired) electrons. The van der Waals surface area contributed by atoms with Gasteiger partial charge in [-0.25, -0.2) is 0 Å². The number of benzene rings is 2. The molecule has 0 aliphatic rings. The molecule has 2 aromatic carbocycles. The summed E-state index contributed by atoms with van der Waals surface area (Å²) in [7, 11) is 0. The second kappa shape index (κ2) is 7.36. The lowest BCUT2D eigenvalue weighted by atomic mass is 10.1. The fraction of sp³-hybridized carbons (Fsp3) is 0.167. The lowest BCUT2D eigenvalue weighted by Crippen LogP contribution is -2.36. The Hall–Kier alpha value is -2.86. The summed E-state index contributed by atoms with van der Waals surface area (Å²) in [5.74, 6) is 0.963. The van der Waals surface area contributed by atoms with Gasteiger partial charge in [0.15, 0.2) is 5.75 Å². The van der Waals surface area contributed by atoms with Crippen molar-refractivity contribution in [2.45, 2.75) is 19.9 Å². The van der Waals surface area contributed by atoms with Crippen molar-refractivity contribution in [1.82, 2.24) is 15.0 Å². The predicted molar refractivity (Wildman–Crippen MR) is 99.4 cm³/mol. The molecule has 2 N–H and O–H groups in total. The first-order valence-corrected chi connectivity index (χ1v) is 8.20. The minimum absolute atomic E-state index is 0.0230. The maximum atomic E-state index is 6.00. The molecule has 0 bridgehead atoms. The zero-order valence-electron chi connectivity index (χ0n) is 13.9. The van der Waals surface area contributed by atoms with Crippen LogP contribution in [0.3, 0.4) is 0 Å². The van der Waals surface area contributed by atoms with Crippen LogP contribution in [0.1, 0.15) is 13.8 Å². The maximum absolute atomic E-state index is 6.00. The topological polar surface area (TPSA) is 77.2 Å². The summed E-state index contributed by atoms with van der Waals surface area (Å²) in [6, 6.07) is 17.8. The first kappa shape index (κ1) is 17.0. The summed E-state index contributed by atoms with van der Waals surface area (Å²) in [4.78, 5) is 18.0. The van der Waals surface area contributed by atoms with Crippen LogP contribution in [0.25, 0.3) is 11.1 Å². The minimum Gasteiger partial charge on any atom is -0.376 e. The predicted octanol–water partition coefficient (Wildman–Crippen LogP) is 3.98. The van der Waals surface area contributed by atoms with Crippen LogP contribution in [0.5, 0.6) is 5.75 Å². The minimum atomic E-state index is -0.0433. The van der Waals surface area contributed by atoms with Crippen molar-refractivity contribution in [1.29, 1.82) is 0 Å². The number of nitrogens with two attached hydrogens (primary N) is 1. The van der Waals surface area contributed by atoms with Crippen LogP contribution in [-0.4, -0.2) is 21.0 Å². The number of nitrogen functional groups attached to an aromatic ring is 1. The van der Waals surface area contributed by atoms with Gasteiger partial charge in [0.1, 0.15) is 0 Å². The van der Waals surface area contributed by atoms with Crippen LogP contribution in [0.4, 0.5) is 11.9 Å². The summed E-state index contributed by atoms with van der Waals surface area (Å²) in [6.07, 6.45) is 0. The Morgan fingerprint density at radius 2 is 1.68 bits per heavy atom. The standard InChI is InChI=1S/C18H18ClN5O/c1-12(2)24(18-22-16(19)21-17(20)23-18)25-15-10-6-9-14(11-15)13-7-4-3-5-8-13/h3-12H,1-2H3,(H2,20,21,22,23). The highest BCUT2D eigenvalue weighted by atomic mass is 35.5. The Bertz CT molecular complexity index is 837. The van der Waals surface area contributed by atoms with E-state index in [1.165, 1.54) is 0 Å². The van der Waals surface area contributed by atoms with Crippen molar-refractivity contribution in [3.8, 4) is 16.9 Å². The van der Waals surface area contributed by atoms with E-state index in [0.717, 1.165) is 11.1 Å². The molecule has 7 heteroatoms. The summed E-state index contributed by atoms with van der Waals surface area (Å²) in [5, 5.41) is 1.57. The molecule has 128 valence electrons. The zero-order valence-corrected chi connectivity index (χ0v) is 14.7. The number of hydrogen-bond acceptors (Lipinski definition) is 6. The molecule has 1 aromatic heterocycles. The fourth-order valence-electron chi connectivity index (χ4n) is 2.31. The number of rotatable bonds is 5. The molecule has 0 aliphatic carbocycles. The van der Waals surface area contributed by atoms with E-state index in [4.69, 9.17) is 22.2 Å². The molecule has 0 amide bonds. The van der Waals surface area contributed by atoms with Crippen LogP contribution in [0.15, 0.2) is 54.6 Å². The summed E-state index contributed by atoms with van der Waals surface area (Å²) >= 11 is 5.88. The molecule has 0 atom stereocenters. The number of nitrogens with zero attached hydrogens (tertiary/aromatic N) is 4. The quantitative estimate of drug-likeness (QED) is 0.697. The fourth-order valence-corrected chi connectivity index (χ4v) is 2.47. The van der Waals surface area contributed by atoms with E-state index in [9.17, 15) is 0 Å². The summed E-state index contributed by atoms with van der Waals surface area (Å²) in [5.41, 5.74) is 7.82. The second-order valence-corrected chi connectivity index (χ2v) is 6.01. The van der Waals surface area contributed by atoms with E-state index in [0.29, 0.717) is 5.75 Å². The lowest BCUT2D eigenvalue weighted by molar-refractivity contribution is 0.247. The third kappa shape index (κ3) is 4.16. The van der Waals surface area contributed by atoms with Crippen molar-refractivity contribution in [3.63, 3.8) is 0 Å². The van der Waals surface area contributed by atoms with Crippen molar-refractivity contribution < 1.29 is 4.84 Å². The molecular formula is C18H18ClN5O. The Labute approximate surface area is 151 Å². The molecule has 0 fully saturated rings. The van der Waals surface area contributed by atoms with Crippen molar-refractivity contribution in [2.24, 2.45) is 0 Å². The van der Waals surface area contributed by atoms with Crippen LogP contribution < -0.4 is 15.6 Å². The van der Waals surface area contributed by atoms with E-state index in [2.05, 4.69) is 15.0 Å². The number of hydroxylamine groups is 1. The van der Waals surface area contributed by atoms with Crippen LogP contribution in [-0.2, 0) is 0 Å². The normalized spacial score (nSPS) is 10.7. The second-order valence-electron chi connectivity index (χ2n) is 5.67. The lowest BCUT2D eigenvalue weighted by Gasteiger charge is -2.26. The highest BCUT2D eigenvalue weighted by Crippen LogP contribution is 2.25. The first-order valence-electron chi connectivity index (χ1n) is 7.82. The van der Waals surface area contributed by atoms with E-state index >= 15 is 0 Å². The molecular weight excluding hydrogens is 338 g/mol. The van der Waals surface area contributed by atoms with Crippen molar-refractivity contribution in [2.75, 3.05) is 10.8 Å². The highest BCUT2D eigenvalue weighted by molar-refractivity contribution is 6.28. The third-order valence-corrected chi connectivity index (χ3v) is 3.59. The Balaban J connectivity index is 1.91. The smallest absolute Gasteiger partial charge is 0.265 e. The average molecular weight is 356 g/mol. The average Bonchev–Trinajstić information content (AvgIpc) is 2.59. The molecule has 0 spiro atoms. The molecule has 0 saturated heterocycles. The molecule has 3 aromatic rings. The largest absolute Gasteiger partial charge is 0.376 e. The van der Waals surface area contributed by atoms with Gasteiger partial charge in [-0.2, -0.15) is 20.0 Å². The Morgan fingerprint density at radius 3 is 2.36 bits per heavy atom. The molecule has 0 unspecified atom stereocenters. The third-order valence-electron chi connectivity index (χ3n) is 3.42. The maximum Gasteiger partial charge on any atom is 0.265 e. The van der Waals surface area contributed by atoms with Crippen LogP contribution in [0.2, 0.25) is 5.28 Å². The van der Waals surface area contributed by atoms with Gasteiger partial charge in [0.25, 0.3) is 5.95 Å². The molecule has 0 saturated carbocycles. The van der Waals surface area contributed by atoms with Gasteiger partial charge in [-0.15, -0.1) is 0 Å². The highest BCUT2D eigenvalue weighted by Gasteiger charge is 2.18. The van der Waals surface area contributed by atoms with Gasteiger partial charge in [-0.3, -0.25) is 0 Å². The molecule has 3 rings (SSSR count). The summed E-state index contributed by atoms with van der Waals surface area (Å²) < 4.78 is 0. The SMILES string of the molecule is CC(C)N(Oc1cccc(-c2ccccc2)c1)c1nc(N)nc(Cl)n1. The number of halogens is 1. The zero-order chi connectivity index (χ0) is 17.8. The molecule has 25 heavy (non-hydrogen) atoms. The number of hydrogen-bond donors (Lipinski definition) is 1. The Kier molecular flexibility index (Phi) is 5.00. The van der Waals surface area contributed by atoms with E-state index < -0.39 is 0 Å². The van der Waals surface area contributed by atoms with E-state index in [-0.39, 0.29) is 23.2 Å². The van der Waals surface area contributed by atoms with Crippen LogP contribution >= 0.6 is 11.6 Å². The number of aromatic nitrogens is 3. The van der Waals surface area contributed by atoms with Gasteiger partial charge in [0, 0.05) is 0 Å². The van der Waals surface area contributed by atoms with Gasteiger partial charge in [0.2, 0.25) is 11.2 Å². The van der Waals surface area contributed by atoms with Gasteiger partial charge in [-0.1, -0.05) is 42.5 Å².